The molecule has 1 aromatic rings. The number of ether oxygens (including phenoxy) is 1. The van der Waals surface area contributed by atoms with Crippen LogP contribution in [0.1, 0.15) is 20.8 Å². The van der Waals surface area contributed by atoms with Gasteiger partial charge in [0.1, 0.15) is 11.4 Å². The van der Waals surface area contributed by atoms with Crippen molar-refractivity contribution in [2.75, 3.05) is 5.32 Å². The zero-order chi connectivity index (χ0) is 13.2. The first-order valence-corrected chi connectivity index (χ1v) is 6.01. The van der Waals surface area contributed by atoms with Crippen molar-refractivity contribution in [3.8, 4) is 0 Å². The Bertz CT molecular complexity index is 446. The van der Waals surface area contributed by atoms with E-state index in [2.05, 4.69) is 21.2 Å². The predicted octanol–water partition coefficient (Wildman–Crippen LogP) is 4.59. The summed E-state index contributed by atoms with van der Waals surface area (Å²) in [7, 11) is 0. The molecule has 0 atom stereocenters. The molecule has 0 aliphatic rings. The molecule has 0 bridgehead atoms. The van der Waals surface area contributed by atoms with E-state index in [-0.39, 0.29) is 10.2 Å². The van der Waals surface area contributed by atoms with E-state index in [1.807, 2.05) is 0 Å². The lowest BCUT2D eigenvalue weighted by atomic mass is 10.2. The van der Waals surface area contributed by atoms with E-state index in [1.54, 1.807) is 20.8 Å². The molecule has 17 heavy (non-hydrogen) atoms. The minimum atomic E-state index is -0.737. The number of benzene rings is 1. The van der Waals surface area contributed by atoms with E-state index >= 15 is 0 Å². The number of hydrogen-bond donors (Lipinski definition) is 1. The zero-order valence-corrected chi connectivity index (χ0v) is 11.9. The molecule has 1 amide bonds. The van der Waals surface area contributed by atoms with Gasteiger partial charge < -0.3 is 4.74 Å². The summed E-state index contributed by atoms with van der Waals surface area (Å²) in [6.07, 6.45) is -0.737. The monoisotopic (exact) mass is 323 g/mol. The molecule has 1 rings (SSSR count). The highest BCUT2D eigenvalue weighted by Crippen LogP contribution is 2.32. The van der Waals surface area contributed by atoms with Crippen molar-refractivity contribution >= 4 is 39.3 Å². The fourth-order valence-electron chi connectivity index (χ4n) is 1.05. The molecular weight excluding hydrogens is 312 g/mol. The van der Waals surface area contributed by atoms with E-state index in [1.165, 1.54) is 12.1 Å². The second kappa shape index (κ2) is 5.23. The highest BCUT2D eigenvalue weighted by atomic mass is 79.9. The van der Waals surface area contributed by atoms with Crippen molar-refractivity contribution in [3.05, 3.63) is 27.4 Å². The van der Waals surface area contributed by atoms with Crippen molar-refractivity contribution in [2.24, 2.45) is 0 Å². The molecule has 1 N–H and O–H groups in total. The van der Waals surface area contributed by atoms with Crippen LogP contribution in [-0.4, -0.2) is 11.7 Å². The number of carbonyl (C=O) groups excluding carboxylic acids is 1. The summed E-state index contributed by atoms with van der Waals surface area (Å²) in [6, 6.07) is 2.56. The van der Waals surface area contributed by atoms with Crippen LogP contribution < -0.4 is 5.32 Å². The summed E-state index contributed by atoms with van der Waals surface area (Å²) >= 11 is 8.89. The SMILES string of the molecule is CC(C)(C)OC(=O)Nc1c(F)ccc(Cl)c1Br. The van der Waals surface area contributed by atoms with Crippen LogP contribution in [0, 0.1) is 5.82 Å². The molecule has 0 heterocycles. The first kappa shape index (κ1) is 14.3. The summed E-state index contributed by atoms with van der Waals surface area (Å²) in [5.41, 5.74) is -0.683. The van der Waals surface area contributed by atoms with Gasteiger partial charge in [-0.1, -0.05) is 11.6 Å². The molecule has 0 radical (unpaired) electrons. The zero-order valence-electron chi connectivity index (χ0n) is 9.61. The Hall–Kier alpha value is -0.810. The molecule has 0 spiro atoms. The standard InChI is InChI=1S/C11H12BrClFNO2/c1-11(2,3)17-10(16)15-9-7(14)5-4-6(13)8(9)12/h4-5H,1-3H3,(H,15,16). The number of amides is 1. The van der Waals surface area contributed by atoms with Gasteiger partial charge in [0.2, 0.25) is 0 Å². The number of carbonyl (C=O) groups is 1. The molecular formula is C11H12BrClFNO2. The average molecular weight is 325 g/mol. The first-order valence-electron chi connectivity index (χ1n) is 4.84. The molecule has 0 unspecified atom stereocenters. The van der Waals surface area contributed by atoms with Crippen molar-refractivity contribution in [1.29, 1.82) is 0 Å². The van der Waals surface area contributed by atoms with Gasteiger partial charge in [0, 0.05) is 0 Å². The van der Waals surface area contributed by atoms with Crippen LogP contribution in [-0.2, 0) is 4.74 Å². The van der Waals surface area contributed by atoms with Crippen LogP contribution in [0.4, 0.5) is 14.9 Å². The molecule has 94 valence electrons. The van der Waals surface area contributed by atoms with Crippen LogP contribution in [0.2, 0.25) is 5.02 Å². The van der Waals surface area contributed by atoms with Gasteiger partial charge in [-0.2, -0.15) is 0 Å². The summed E-state index contributed by atoms with van der Waals surface area (Å²) < 4.78 is 18.8. The topological polar surface area (TPSA) is 38.3 Å². The lowest BCUT2D eigenvalue weighted by molar-refractivity contribution is 0.0635. The van der Waals surface area contributed by atoms with Gasteiger partial charge in [-0.3, -0.25) is 5.32 Å². The maximum Gasteiger partial charge on any atom is 0.412 e. The minimum absolute atomic E-state index is 0.0354. The Labute approximate surface area is 112 Å². The largest absolute Gasteiger partial charge is 0.444 e. The second-order valence-corrected chi connectivity index (χ2v) is 5.55. The van der Waals surface area contributed by atoms with Crippen LogP contribution in [0.15, 0.2) is 16.6 Å². The molecule has 0 aromatic heterocycles. The molecule has 0 aliphatic carbocycles. The van der Waals surface area contributed by atoms with Gasteiger partial charge in [0.15, 0.2) is 0 Å². The fraction of sp³-hybridized carbons (Fsp3) is 0.364. The number of hydrogen-bond acceptors (Lipinski definition) is 2. The summed E-state index contributed by atoms with van der Waals surface area (Å²) in [6.45, 7) is 5.15. The Morgan fingerprint density at radius 3 is 2.59 bits per heavy atom. The summed E-state index contributed by atoms with van der Waals surface area (Å²) in [4.78, 5) is 11.5. The molecule has 0 fully saturated rings. The van der Waals surface area contributed by atoms with E-state index < -0.39 is 17.5 Å². The smallest absolute Gasteiger partial charge is 0.412 e. The van der Waals surface area contributed by atoms with Crippen molar-refractivity contribution in [3.63, 3.8) is 0 Å². The molecule has 0 saturated heterocycles. The Morgan fingerprint density at radius 1 is 1.47 bits per heavy atom. The van der Waals surface area contributed by atoms with E-state index in [0.29, 0.717) is 5.02 Å². The van der Waals surface area contributed by atoms with Gasteiger partial charge in [0.05, 0.1) is 15.2 Å². The summed E-state index contributed by atoms with van der Waals surface area (Å²) in [5.74, 6) is -0.591. The van der Waals surface area contributed by atoms with Crippen LogP contribution in [0.5, 0.6) is 0 Å². The Kier molecular flexibility index (Phi) is 4.38. The highest BCUT2D eigenvalue weighted by Gasteiger charge is 2.19. The Balaban J connectivity index is 2.89. The van der Waals surface area contributed by atoms with E-state index in [4.69, 9.17) is 16.3 Å². The van der Waals surface area contributed by atoms with Gasteiger partial charge in [0.25, 0.3) is 0 Å². The minimum Gasteiger partial charge on any atom is -0.444 e. The van der Waals surface area contributed by atoms with E-state index in [9.17, 15) is 9.18 Å². The maximum atomic E-state index is 13.5. The normalized spacial score (nSPS) is 11.2. The third-order valence-electron chi connectivity index (χ3n) is 1.67. The molecule has 3 nitrogen and oxygen atoms in total. The lowest BCUT2D eigenvalue weighted by Crippen LogP contribution is -2.27. The van der Waals surface area contributed by atoms with Crippen LogP contribution >= 0.6 is 27.5 Å². The quantitative estimate of drug-likeness (QED) is 0.767. The van der Waals surface area contributed by atoms with Gasteiger partial charge >= 0.3 is 6.09 Å². The average Bonchev–Trinajstić information content (AvgIpc) is 2.16. The highest BCUT2D eigenvalue weighted by molar-refractivity contribution is 9.10. The van der Waals surface area contributed by atoms with Crippen molar-refractivity contribution in [1.82, 2.24) is 0 Å². The third-order valence-corrected chi connectivity index (χ3v) is 3.04. The fourth-order valence-corrected chi connectivity index (χ4v) is 1.63. The van der Waals surface area contributed by atoms with Gasteiger partial charge in [-0.25, -0.2) is 9.18 Å². The maximum absolute atomic E-state index is 13.5. The molecule has 1 aromatic carbocycles. The molecule has 6 heteroatoms. The predicted molar refractivity (Wildman–Crippen MR) is 69.0 cm³/mol. The van der Waals surface area contributed by atoms with Crippen molar-refractivity contribution < 1.29 is 13.9 Å². The Morgan fingerprint density at radius 2 is 2.06 bits per heavy atom. The molecule has 0 saturated carbocycles. The van der Waals surface area contributed by atoms with Gasteiger partial charge in [-0.05, 0) is 48.8 Å². The number of nitrogens with one attached hydrogen (secondary N) is 1. The number of rotatable bonds is 1. The third kappa shape index (κ3) is 4.16. The number of halogens is 3. The first-order chi connectivity index (χ1) is 7.70. The van der Waals surface area contributed by atoms with Gasteiger partial charge in [-0.15, -0.1) is 0 Å². The number of anilines is 1. The lowest BCUT2D eigenvalue weighted by Gasteiger charge is -2.20. The second-order valence-electron chi connectivity index (χ2n) is 4.35. The van der Waals surface area contributed by atoms with Crippen molar-refractivity contribution in [2.45, 2.75) is 26.4 Å². The van der Waals surface area contributed by atoms with Crippen LogP contribution in [0.3, 0.4) is 0 Å². The summed E-state index contributed by atoms with van der Waals surface area (Å²) in [5, 5.41) is 2.61. The molecule has 0 aliphatic heterocycles. The van der Waals surface area contributed by atoms with Crippen LogP contribution in [0.25, 0.3) is 0 Å². The van der Waals surface area contributed by atoms with E-state index in [0.717, 1.165) is 0 Å².